The van der Waals surface area contributed by atoms with Gasteiger partial charge >= 0.3 is 5.97 Å². The van der Waals surface area contributed by atoms with E-state index in [-0.39, 0.29) is 5.97 Å². The first kappa shape index (κ1) is 19.4. The fourth-order valence-electron chi connectivity index (χ4n) is 3.28. The highest BCUT2D eigenvalue weighted by atomic mass is 32.2. The summed E-state index contributed by atoms with van der Waals surface area (Å²) in [6, 6.07) is 6.19. The lowest BCUT2D eigenvalue weighted by Crippen LogP contribution is -2.24. The number of hydrogen-bond acceptors (Lipinski definition) is 8. The number of aromatic nitrogens is 4. The first-order valence-electron chi connectivity index (χ1n) is 9.19. The Hall–Kier alpha value is -2.91. The van der Waals surface area contributed by atoms with Gasteiger partial charge in [-0.1, -0.05) is 17.8 Å². The molecule has 0 N–H and O–H groups in total. The highest BCUT2D eigenvalue weighted by Crippen LogP contribution is 2.46. The lowest BCUT2D eigenvalue weighted by atomic mass is 10.1. The molecule has 9 heteroatoms. The molecule has 0 saturated carbocycles. The minimum Gasteiger partial charge on any atom is -0.461 e. The van der Waals surface area contributed by atoms with Gasteiger partial charge in [0, 0.05) is 30.9 Å². The normalized spacial score (nSPS) is 12.4. The number of hydrogen-bond donors (Lipinski definition) is 0. The number of methoxy groups -OCH3 is 1. The van der Waals surface area contributed by atoms with Crippen molar-refractivity contribution in [3.63, 3.8) is 0 Å². The van der Waals surface area contributed by atoms with Crippen LogP contribution in [0.2, 0.25) is 0 Å². The lowest BCUT2D eigenvalue weighted by Gasteiger charge is -2.30. The molecule has 2 aromatic heterocycles. The molecule has 0 bridgehead atoms. The zero-order chi connectivity index (χ0) is 20.4. The lowest BCUT2D eigenvalue weighted by molar-refractivity contribution is 0.0513. The summed E-state index contributed by atoms with van der Waals surface area (Å²) in [7, 11) is 1.65. The van der Waals surface area contributed by atoms with Crippen LogP contribution in [0.15, 0.2) is 46.8 Å². The minimum absolute atomic E-state index is 0.325. The second-order valence-corrected chi connectivity index (χ2v) is 7.49. The van der Waals surface area contributed by atoms with E-state index in [1.807, 2.05) is 22.5 Å². The molecule has 1 aliphatic heterocycles. The van der Waals surface area contributed by atoms with Gasteiger partial charge in [-0.25, -0.2) is 19.7 Å². The number of fused-ring (bicyclic) bond motifs is 2. The monoisotopic (exact) mass is 411 g/mol. The van der Waals surface area contributed by atoms with Crippen molar-refractivity contribution in [1.29, 1.82) is 0 Å². The predicted octanol–water partition coefficient (Wildman–Crippen LogP) is 3.41. The summed E-state index contributed by atoms with van der Waals surface area (Å²) in [5, 5.41) is 0.847. The number of anilines is 2. The Bertz CT molecular complexity index is 1050. The molecule has 0 aliphatic carbocycles. The summed E-state index contributed by atoms with van der Waals surface area (Å²) in [6.45, 7) is 4.79. The highest BCUT2D eigenvalue weighted by Gasteiger charge is 2.26. The van der Waals surface area contributed by atoms with Crippen molar-refractivity contribution in [1.82, 2.24) is 19.5 Å². The molecule has 0 radical (unpaired) electrons. The summed E-state index contributed by atoms with van der Waals surface area (Å²) in [6.07, 6.45) is 5.04. The SMILES string of the molecule is CCOC(=O)c1c(C)ncn1Cc1ccc2c(c1)N(COC)c1nccnc1S2. The summed E-state index contributed by atoms with van der Waals surface area (Å²) in [5.41, 5.74) is 3.16. The van der Waals surface area contributed by atoms with Crippen LogP contribution in [0, 0.1) is 6.92 Å². The van der Waals surface area contributed by atoms with E-state index >= 15 is 0 Å². The number of carbonyl (C=O) groups is 1. The van der Waals surface area contributed by atoms with Gasteiger partial charge in [0.05, 0.1) is 24.3 Å². The second-order valence-electron chi connectivity index (χ2n) is 6.46. The van der Waals surface area contributed by atoms with Gasteiger partial charge in [0.1, 0.15) is 11.8 Å². The van der Waals surface area contributed by atoms with Gasteiger partial charge in [-0.3, -0.25) is 4.90 Å². The van der Waals surface area contributed by atoms with Crippen LogP contribution in [0.1, 0.15) is 28.7 Å². The van der Waals surface area contributed by atoms with Crippen LogP contribution in [-0.4, -0.2) is 45.9 Å². The van der Waals surface area contributed by atoms with Gasteiger partial charge in [-0.15, -0.1) is 0 Å². The Morgan fingerprint density at radius 2 is 2.03 bits per heavy atom. The van der Waals surface area contributed by atoms with Crippen LogP contribution in [0.25, 0.3) is 0 Å². The number of ether oxygens (including phenoxy) is 2. The molecule has 150 valence electrons. The van der Waals surface area contributed by atoms with E-state index in [1.54, 1.807) is 44.5 Å². The molecule has 3 heterocycles. The number of rotatable bonds is 6. The molecule has 8 nitrogen and oxygen atoms in total. The van der Waals surface area contributed by atoms with Gasteiger partial charge in [0.15, 0.2) is 11.5 Å². The molecule has 0 unspecified atom stereocenters. The molecule has 4 rings (SSSR count). The van der Waals surface area contributed by atoms with Crippen LogP contribution in [0.5, 0.6) is 0 Å². The maximum atomic E-state index is 12.3. The molecule has 3 aromatic rings. The molecule has 0 atom stereocenters. The molecule has 1 aliphatic rings. The fraction of sp³-hybridized carbons (Fsp3) is 0.300. The van der Waals surface area contributed by atoms with E-state index in [1.165, 1.54) is 0 Å². The van der Waals surface area contributed by atoms with E-state index in [9.17, 15) is 4.79 Å². The number of nitrogens with zero attached hydrogens (tertiary/aromatic N) is 5. The maximum absolute atomic E-state index is 12.3. The predicted molar refractivity (Wildman–Crippen MR) is 109 cm³/mol. The van der Waals surface area contributed by atoms with Gasteiger partial charge in [0.25, 0.3) is 0 Å². The van der Waals surface area contributed by atoms with E-state index in [0.29, 0.717) is 31.3 Å². The van der Waals surface area contributed by atoms with Crippen LogP contribution >= 0.6 is 11.8 Å². The standard InChI is InChI=1S/C20H21N5O3S/c1-4-28-20(26)17-13(2)23-11-24(17)10-14-5-6-16-15(9-14)25(12-27-3)18-19(29-16)22-8-7-21-18/h5-9,11H,4,10,12H2,1-3H3. The smallest absolute Gasteiger partial charge is 0.356 e. The molecule has 1 aromatic carbocycles. The Labute approximate surface area is 172 Å². The van der Waals surface area contributed by atoms with Crippen molar-refractivity contribution in [3.05, 3.63) is 53.9 Å². The second kappa shape index (κ2) is 8.22. The van der Waals surface area contributed by atoms with Crippen LogP contribution < -0.4 is 4.90 Å². The first-order chi connectivity index (χ1) is 14.1. The number of aryl methyl sites for hydroxylation is 1. The Kier molecular flexibility index (Phi) is 5.50. The molecule has 0 fully saturated rings. The summed E-state index contributed by atoms with van der Waals surface area (Å²) in [4.78, 5) is 28.6. The van der Waals surface area contributed by atoms with Crippen molar-refractivity contribution in [2.45, 2.75) is 30.3 Å². The number of carbonyl (C=O) groups excluding carboxylic acids is 1. The van der Waals surface area contributed by atoms with Crippen molar-refractivity contribution in [2.75, 3.05) is 25.3 Å². The van der Waals surface area contributed by atoms with Gasteiger partial charge in [-0.05, 0) is 31.5 Å². The molecular weight excluding hydrogens is 390 g/mol. The molecular formula is C20H21N5O3S. The molecule has 0 spiro atoms. The Balaban J connectivity index is 1.68. The minimum atomic E-state index is -0.360. The number of esters is 1. The Morgan fingerprint density at radius 1 is 1.21 bits per heavy atom. The molecule has 29 heavy (non-hydrogen) atoms. The zero-order valence-electron chi connectivity index (χ0n) is 16.5. The zero-order valence-corrected chi connectivity index (χ0v) is 17.3. The fourth-order valence-corrected chi connectivity index (χ4v) is 4.26. The third kappa shape index (κ3) is 3.70. The summed E-state index contributed by atoms with van der Waals surface area (Å²) in [5.74, 6) is 0.413. The molecule has 0 amide bonds. The average Bonchev–Trinajstić information content (AvgIpc) is 3.08. The van der Waals surface area contributed by atoms with Crippen molar-refractivity contribution in [3.8, 4) is 0 Å². The van der Waals surface area contributed by atoms with Gasteiger partial charge in [-0.2, -0.15) is 0 Å². The van der Waals surface area contributed by atoms with Crippen molar-refractivity contribution in [2.24, 2.45) is 0 Å². The topological polar surface area (TPSA) is 82.4 Å². The van der Waals surface area contributed by atoms with E-state index in [4.69, 9.17) is 9.47 Å². The van der Waals surface area contributed by atoms with E-state index < -0.39 is 0 Å². The van der Waals surface area contributed by atoms with Crippen LogP contribution in [0.3, 0.4) is 0 Å². The van der Waals surface area contributed by atoms with Crippen LogP contribution in [0.4, 0.5) is 11.5 Å². The third-order valence-electron chi connectivity index (χ3n) is 4.52. The summed E-state index contributed by atoms with van der Waals surface area (Å²) >= 11 is 1.58. The Morgan fingerprint density at radius 3 is 2.83 bits per heavy atom. The largest absolute Gasteiger partial charge is 0.461 e. The highest BCUT2D eigenvalue weighted by molar-refractivity contribution is 7.99. The van der Waals surface area contributed by atoms with Gasteiger partial charge < -0.3 is 14.0 Å². The average molecular weight is 411 g/mol. The number of benzene rings is 1. The third-order valence-corrected chi connectivity index (χ3v) is 5.57. The maximum Gasteiger partial charge on any atom is 0.356 e. The molecule has 0 saturated heterocycles. The first-order valence-corrected chi connectivity index (χ1v) is 10.0. The van der Waals surface area contributed by atoms with Crippen LogP contribution in [-0.2, 0) is 16.0 Å². The van der Waals surface area contributed by atoms with Crippen molar-refractivity contribution >= 4 is 29.2 Å². The van der Waals surface area contributed by atoms with E-state index in [2.05, 4.69) is 27.1 Å². The quantitative estimate of drug-likeness (QED) is 0.571. The van der Waals surface area contributed by atoms with Gasteiger partial charge in [0.2, 0.25) is 0 Å². The van der Waals surface area contributed by atoms with E-state index in [0.717, 1.165) is 27.0 Å². The number of imidazole rings is 1. The van der Waals surface area contributed by atoms with Crippen molar-refractivity contribution < 1.29 is 14.3 Å². The summed E-state index contributed by atoms with van der Waals surface area (Å²) < 4.78 is 12.4.